The minimum atomic E-state index is 0.598. The topological polar surface area (TPSA) is 41.6 Å². The number of nitrogens with zero attached hydrogens (tertiary/aromatic N) is 2. The highest BCUT2D eigenvalue weighted by atomic mass is 15.2. The molecule has 1 aromatic carbocycles. The third kappa shape index (κ3) is 3.27. The molecule has 2 N–H and O–H groups in total. The molecule has 0 aliphatic rings. The summed E-state index contributed by atoms with van der Waals surface area (Å²) in [6.07, 6.45) is 0. The van der Waals surface area contributed by atoms with E-state index in [1.165, 1.54) is 11.1 Å². The molecule has 3 heteroatoms. The maximum absolute atomic E-state index is 5.80. The molecule has 0 unspecified atom stereocenters. The van der Waals surface area contributed by atoms with Gasteiger partial charge in [-0.2, -0.15) is 0 Å². The van der Waals surface area contributed by atoms with Crippen molar-refractivity contribution in [3.8, 4) is 0 Å². The van der Waals surface area contributed by atoms with Gasteiger partial charge in [-0.1, -0.05) is 24.3 Å². The third-order valence-corrected chi connectivity index (χ3v) is 2.38. The summed E-state index contributed by atoms with van der Waals surface area (Å²) < 4.78 is 0. The van der Waals surface area contributed by atoms with E-state index in [0.29, 0.717) is 5.96 Å². The second-order valence-electron chi connectivity index (χ2n) is 3.62. The number of nitrogens with two attached hydrogens (primary N) is 1. The number of aryl methyl sites for hydroxylation is 1. The Morgan fingerprint density at radius 2 is 2.07 bits per heavy atom. The number of aliphatic imine (C=N–C) groups is 1. The zero-order valence-electron chi connectivity index (χ0n) is 9.70. The largest absolute Gasteiger partial charge is 0.370 e. The van der Waals surface area contributed by atoms with Crippen molar-refractivity contribution in [2.45, 2.75) is 20.4 Å². The van der Waals surface area contributed by atoms with Crippen LogP contribution in [0.25, 0.3) is 0 Å². The molecule has 0 spiro atoms. The van der Waals surface area contributed by atoms with Crippen LogP contribution in [-0.4, -0.2) is 24.5 Å². The predicted octanol–water partition coefficient (Wildman–Crippen LogP) is 1.76. The molecule has 0 saturated heterocycles. The van der Waals surface area contributed by atoms with Gasteiger partial charge in [0.25, 0.3) is 0 Å². The van der Waals surface area contributed by atoms with Crippen molar-refractivity contribution >= 4 is 5.96 Å². The molecule has 0 bridgehead atoms. The van der Waals surface area contributed by atoms with Crippen LogP contribution in [0.4, 0.5) is 0 Å². The summed E-state index contributed by atoms with van der Waals surface area (Å²) in [4.78, 5) is 6.13. The fraction of sp³-hybridized carbons (Fsp3) is 0.417. The van der Waals surface area contributed by atoms with Gasteiger partial charge in [-0.3, -0.25) is 4.99 Å². The fourth-order valence-corrected chi connectivity index (χ4v) is 1.41. The van der Waals surface area contributed by atoms with Crippen LogP contribution in [0.15, 0.2) is 29.3 Å². The number of hydrogen-bond donors (Lipinski definition) is 1. The molecular weight excluding hydrogens is 186 g/mol. The van der Waals surface area contributed by atoms with E-state index in [1.807, 2.05) is 31.0 Å². The van der Waals surface area contributed by atoms with Crippen molar-refractivity contribution in [3.05, 3.63) is 35.4 Å². The van der Waals surface area contributed by atoms with E-state index < -0.39 is 0 Å². The van der Waals surface area contributed by atoms with Gasteiger partial charge in [0, 0.05) is 20.1 Å². The van der Waals surface area contributed by atoms with Gasteiger partial charge in [0.2, 0.25) is 0 Å². The van der Waals surface area contributed by atoms with Crippen molar-refractivity contribution in [2.75, 3.05) is 13.6 Å². The van der Waals surface area contributed by atoms with Crippen molar-refractivity contribution in [1.29, 1.82) is 0 Å². The van der Waals surface area contributed by atoms with Gasteiger partial charge in [-0.15, -0.1) is 0 Å². The summed E-state index contributed by atoms with van der Waals surface area (Å²) in [7, 11) is 1.96. The molecule has 0 amide bonds. The SMILES string of the molecule is CCN=C(N)N(C)Cc1ccccc1C. The third-order valence-electron chi connectivity index (χ3n) is 2.38. The van der Waals surface area contributed by atoms with E-state index in [0.717, 1.165) is 13.1 Å². The number of hydrogen-bond acceptors (Lipinski definition) is 1. The van der Waals surface area contributed by atoms with E-state index in [9.17, 15) is 0 Å². The Kier molecular flexibility index (Phi) is 4.16. The van der Waals surface area contributed by atoms with Gasteiger partial charge in [0.1, 0.15) is 0 Å². The molecule has 0 saturated carbocycles. The van der Waals surface area contributed by atoms with Crippen LogP contribution in [0.5, 0.6) is 0 Å². The summed E-state index contributed by atoms with van der Waals surface area (Å²) in [6.45, 7) is 5.62. The lowest BCUT2D eigenvalue weighted by molar-refractivity contribution is 0.491. The van der Waals surface area contributed by atoms with Crippen LogP contribution in [0, 0.1) is 6.92 Å². The van der Waals surface area contributed by atoms with Crippen LogP contribution < -0.4 is 5.73 Å². The summed E-state index contributed by atoms with van der Waals surface area (Å²) in [5.41, 5.74) is 8.37. The highest BCUT2D eigenvalue weighted by Crippen LogP contribution is 2.08. The van der Waals surface area contributed by atoms with Crippen LogP contribution in [0.3, 0.4) is 0 Å². The average molecular weight is 205 g/mol. The van der Waals surface area contributed by atoms with E-state index in [-0.39, 0.29) is 0 Å². The molecule has 0 heterocycles. The average Bonchev–Trinajstić information content (AvgIpc) is 2.21. The van der Waals surface area contributed by atoms with Gasteiger partial charge >= 0.3 is 0 Å². The first kappa shape index (κ1) is 11.6. The number of guanidine groups is 1. The van der Waals surface area contributed by atoms with Crippen molar-refractivity contribution in [2.24, 2.45) is 10.7 Å². The number of rotatable bonds is 3. The number of benzene rings is 1. The molecule has 0 aromatic heterocycles. The molecule has 0 atom stereocenters. The quantitative estimate of drug-likeness (QED) is 0.603. The van der Waals surface area contributed by atoms with Crippen molar-refractivity contribution in [1.82, 2.24) is 4.90 Å². The smallest absolute Gasteiger partial charge is 0.191 e. The zero-order valence-corrected chi connectivity index (χ0v) is 9.70. The van der Waals surface area contributed by atoms with Crippen LogP contribution >= 0.6 is 0 Å². The van der Waals surface area contributed by atoms with Crippen LogP contribution in [-0.2, 0) is 6.54 Å². The van der Waals surface area contributed by atoms with E-state index in [1.54, 1.807) is 0 Å². The first-order chi connectivity index (χ1) is 7.15. The monoisotopic (exact) mass is 205 g/mol. The Bertz CT molecular complexity index is 344. The van der Waals surface area contributed by atoms with Gasteiger partial charge in [-0.25, -0.2) is 0 Å². The molecule has 3 nitrogen and oxygen atoms in total. The normalized spacial score (nSPS) is 11.5. The van der Waals surface area contributed by atoms with Gasteiger partial charge < -0.3 is 10.6 Å². The Balaban J connectivity index is 2.70. The van der Waals surface area contributed by atoms with Crippen LogP contribution in [0.2, 0.25) is 0 Å². The Morgan fingerprint density at radius 1 is 1.40 bits per heavy atom. The molecule has 82 valence electrons. The summed E-state index contributed by atoms with van der Waals surface area (Å²) in [5, 5.41) is 0. The molecule has 0 aliphatic heterocycles. The van der Waals surface area contributed by atoms with E-state index in [2.05, 4.69) is 24.0 Å². The van der Waals surface area contributed by atoms with Gasteiger partial charge in [0.05, 0.1) is 0 Å². The zero-order chi connectivity index (χ0) is 11.3. The summed E-state index contributed by atoms with van der Waals surface area (Å²) in [6, 6.07) is 8.31. The maximum Gasteiger partial charge on any atom is 0.191 e. The van der Waals surface area contributed by atoms with Crippen molar-refractivity contribution < 1.29 is 0 Å². The Labute approximate surface area is 91.6 Å². The summed E-state index contributed by atoms with van der Waals surface area (Å²) >= 11 is 0. The minimum Gasteiger partial charge on any atom is -0.370 e. The highest BCUT2D eigenvalue weighted by molar-refractivity contribution is 5.77. The molecule has 0 radical (unpaired) electrons. The second-order valence-corrected chi connectivity index (χ2v) is 3.62. The Hall–Kier alpha value is -1.51. The first-order valence-electron chi connectivity index (χ1n) is 5.20. The molecule has 0 aliphatic carbocycles. The molecular formula is C12H19N3. The van der Waals surface area contributed by atoms with Gasteiger partial charge in [-0.05, 0) is 25.0 Å². The lowest BCUT2D eigenvalue weighted by Crippen LogP contribution is -2.33. The van der Waals surface area contributed by atoms with Crippen molar-refractivity contribution in [3.63, 3.8) is 0 Å². The fourth-order valence-electron chi connectivity index (χ4n) is 1.41. The van der Waals surface area contributed by atoms with Gasteiger partial charge in [0.15, 0.2) is 5.96 Å². The standard InChI is InChI=1S/C12H19N3/c1-4-14-12(13)15(3)9-11-8-6-5-7-10(11)2/h5-8H,4,9H2,1-3H3,(H2,13,14). The maximum atomic E-state index is 5.80. The van der Waals surface area contributed by atoms with Crippen LogP contribution in [0.1, 0.15) is 18.1 Å². The second kappa shape index (κ2) is 5.39. The molecule has 1 aromatic rings. The minimum absolute atomic E-state index is 0.598. The Morgan fingerprint density at radius 3 is 2.67 bits per heavy atom. The molecule has 0 fully saturated rings. The molecule has 1 rings (SSSR count). The lowest BCUT2D eigenvalue weighted by atomic mass is 10.1. The van der Waals surface area contributed by atoms with E-state index in [4.69, 9.17) is 5.73 Å². The first-order valence-corrected chi connectivity index (χ1v) is 5.20. The predicted molar refractivity (Wildman–Crippen MR) is 64.8 cm³/mol. The molecule has 15 heavy (non-hydrogen) atoms. The highest BCUT2D eigenvalue weighted by Gasteiger charge is 2.03. The summed E-state index contributed by atoms with van der Waals surface area (Å²) in [5.74, 6) is 0.598. The lowest BCUT2D eigenvalue weighted by Gasteiger charge is -2.19. The van der Waals surface area contributed by atoms with E-state index >= 15 is 0 Å².